The summed E-state index contributed by atoms with van der Waals surface area (Å²) in [6.07, 6.45) is -0.734. The Hall–Kier alpha value is -3.76. The van der Waals surface area contributed by atoms with Gasteiger partial charge in [0.1, 0.15) is 17.6 Å². The van der Waals surface area contributed by atoms with Gasteiger partial charge in [-0.3, -0.25) is 10.1 Å². The van der Waals surface area contributed by atoms with Crippen molar-refractivity contribution in [3.63, 3.8) is 0 Å². The standard InChI is InChI=1S/C24H23FN2O6S/c1-15(2)22(23(28)29)27-34(31,32)21-13-5-17(6-14-21)16-3-11-20(12-4-16)33-24(30)26-19-9-7-18(25)8-10-19/h3-15,22,27H,1-2H3,(H,26,30)(H,28,29)/t22-/m1/s1. The number of benzene rings is 3. The van der Waals surface area contributed by atoms with Gasteiger partial charge < -0.3 is 9.84 Å². The van der Waals surface area contributed by atoms with Crippen LogP contribution in [0, 0.1) is 11.7 Å². The predicted octanol–water partition coefficient (Wildman–Crippen LogP) is 4.49. The molecule has 10 heteroatoms. The lowest BCUT2D eigenvalue weighted by Gasteiger charge is -2.18. The van der Waals surface area contributed by atoms with Crippen LogP contribution in [0.15, 0.2) is 77.7 Å². The van der Waals surface area contributed by atoms with Crippen LogP contribution < -0.4 is 14.8 Å². The summed E-state index contributed by atoms with van der Waals surface area (Å²) in [5, 5.41) is 11.7. The average molecular weight is 487 g/mol. The topological polar surface area (TPSA) is 122 Å². The Bertz CT molecular complexity index is 1260. The molecule has 3 N–H and O–H groups in total. The molecule has 178 valence electrons. The average Bonchev–Trinajstić information content (AvgIpc) is 2.79. The number of sulfonamides is 1. The SMILES string of the molecule is CC(C)[C@@H](NS(=O)(=O)c1ccc(-c2ccc(OC(=O)Nc3ccc(F)cc3)cc2)cc1)C(=O)O. The van der Waals surface area contributed by atoms with Crippen LogP contribution in [0.4, 0.5) is 14.9 Å². The minimum Gasteiger partial charge on any atom is -0.480 e. The molecular weight excluding hydrogens is 463 g/mol. The van der Waals surface area contributed by atoms with Crippen LogP contribution in [0.1, 0.15) is 13.8 Å². The summed E-state index contributed by atoms with van der Waals surface area (Å²) in [7, 11) is -4.01. The molecule has 0 aliphatic carbocycles. The fourth-order valence-electron chi connectivity index (χ4n) is 3.03. The van der Waals surface area contributed by atoms with Crippen molar-refractivity contribution in [3.8, 4) is 16.9 Å². The van der Waals surface area contributed by atoms with E-state index in [2.05, 4.69) is 10.0 Å². The molecule has 0 aliphatic rings. The smallest absolute Gasteiger partial charge is 0.417 e. The van der Waals surface area contributed by atoms with E-state index >= 15 is 0 Å². The molecule has 0 aliphatic heterocycles. The van der Waals surface area contributed by atoms with Gasteiger partial charge >= 0.3 is 12.1 Å². The van der Waals surface area contributed by atoms with Gasteiger partial charge in [-0.2, -0.15) is 4.72 Å². The van der Waals surface area contributed by atoms with Crippen molar-refractivity contribution in [2.75, 3.05) is 5.32 Å². The number of ether oxygens (including phenoxy) is 1. The van der Waals surface area contributed by atoms with Crippen LogP contribution in [0.2, 0.25) is 0 Å². The van der Waals surface area contributed by atoms with Gasteiger partial charge in [0.25, 0.3) is 0 Å². The molecular formula is C24H23FN2O6S. The predicted molar refractivity (Wildman–Crippen MR) is 125 cm³/mol. The number of carboxylic acids is 1. The summed E-state index contributed by atoms with van der Waals surface area (Å²) >= 11 is 0. The van der Waals surface area contributed by atoms with Crippen molar-refractivity contribution in [1.29, 1.82) is 0 Å². The number of halogens is 1. The Balaban J connectivity index is 1.66. The van der Waals surface area contributed by atoms with Crippen LogP contribution in [0.25, 0.3) is 11.1 Å². The Morgan fingerprint density at radius 1 is 0.882 bits per heavy atom. The van der Waals surface area contributed by atoms with E-state index in [1.54, 1.807) is 50.2 Å². The molecule has 0 saturated carbocycles. The zero-order chi connectivity index (χ0) is 24.9. The van der Waals surface area contributed by atoms with Gasteiger partial charge in [0, 0.05) is 5.69 Å². The van der Waals surface area contributed by atoms with Crippen molar-refractivity contribution in [2.24, 2.45) is 5.92 Å². The van der Waals surface area contributed by atoms with Crippen LogP contribution in [-0.2, 0) is 14.8 Å². The highest BCUT2D eigenvalue weighted by molar-refractivity contribution is 7.89. The quantitative estimate of drug-likeness (QED) is 0.431. The molecule has 0 fully saturated rings. The second-order valence-corrected chi connectivity index (χ2v) is 9.47. The number of hydrogen-bond donors (Lipinski definition) is 3. The van der Waals surface area contributed by atoms with Crippen molar-refractivity contribution in [3.05, 3.63) is 78.6 Å². The van der Waals surface area contributed by atoms with Gasteiger partial charge in [-0.15, -0.1) is 0 Å². The third-order valence-electron chi connectivity index (χ3n) is 4.87. The molecule has 0 heterocycles. The summed E-state index contributed by atoms with van der Waals surface area (Å²) in [5.41, 5.74) is 1.84. The summed E-state index contributed by atoms with van der Waals surface area (Å²) in [6.45, 7) is 3.23. The lowest BCUT2D eigenvalue weighted by atomic mass is 10.1. The summed E-state index contributed by atoms with van der Waals surface area (Å²) < 4.78 is 45.4. The molecule has 3 aromatic carbocycles. The van der Waals surface area contributed by atoms with Crippen molar-refractivity contribution in [2.45, 2.75) is 24.8 Å². The van der Waals surface area contributed by atoms with E-state index in [1.165, 1.54) is 36.4 Å². The molecule has 3 aromatic rings. The molecule has 0 bridgehead atoms. The van der Waals surface area contributed by atoms with Gasteiger partial charge in [-0.1, -0.05) is 38.1 Å². The zero-order valence-corrected chi connectivity index (χ0v) is 19.2. The lowest BCUT2D eigenvalue weighted by molar-refractivity contribution is -0.140. The van der Waals surface area contributed by atoms with Gasteiger partial charge in [-0.05, 0) is 65.6 Å². The molecule has 1 atom stereocenters. The van der Waals surface area contributed by atoms with Crippen LogP contribution in [0.5, 0.6) is 5.75 Å². The van der Waals surface area contributed by atoms with Gasteiger partial charge in [-0.25, -0.2) is 17.6 Å². The number of carbonyl (C=O) groups excluding carboxylic acids is 1. The van der Waals surface area contributed by atoms with E-state index in [0.29, 0.717) is 11.3 Å². The third kappa shape index (κ3) is 6.40. The van der Waals surface area contributed by atoms with E-state index in [-0.39, 0.29) is 10.6 Å². The summed E-state index contributed by atoms with van der Waals surface area (Å²) in [4.78, 5) is 23.2. The summed E-state index contributed by atoms with van der Waals surface area (Å²) in [5.74, 6) is -1.81. The fraction of sp³-hybridized carbons (Fsp3) is 0.167. The lowest BCUT2D eigenvalue weighted by Crippen LogP contribution is -2.44. The minimum atomic E-state index is -4.01. The van der Waals surface area contributed by atoms with Crippen molar-refractivity contribution < 1.29 is 32.2 Å². The fourth-order valence-corrected chi connectivity index (χ4v) is 4.37. The molecule has 0 unspecified atom stereocenters. The second-order valence-electron chi connectivity index (χ2n) is 7.75. The molecule has 0 spiro atoms. The number of hydrogen-bond acceptors (Lipinski definition) is 5. The first kappa shape index (κ1) is 24.9. The Morgan fingerprint density at radius 2 is 1.41 bits per heavy atom. The van der Waals surface area contributed by atoms with E-state index in [1.807, 2.05) is 0 Å². The molecule has 0 radical (unpaired) electrons. The van der Waals surface area contributed by atoms with Crippen LogP contribution in [0.3, 0.4) is 0 Å². The van der Waals surface area contributed by atoms with E-state index in [9.17, 15) is 27.5 Å². The number of amides is 1. The monoisotopic (exact) mass is 486 g/mol. The van der Waals surface area contributed by atoms with Gasteiger partial charge in [0.05, 0.1) is 4.90 Å². The molecule has 34 heavy (non-hydrogen) atoms. The maximum Gasteiger partial charge on any atom is 0.417 e. The molecule has 1 amide bonds. The first-order valence-corrected chi connectivity index (χ1v) is 11.7. The maximum atomic E-state index is 12.9. The van der Waals surface area contributed by atoms with E-state index in [4.69, 9.17) is 4.74 Å². The molecule has 0 aromatic heterocycles. The second kappa shape index (κ2) is 10.4. The highest BCUT2D eigenvalue weighted by Gasteiger charge is 2.27. The van der Waals surface area contributed by atoms with E-state index < -0.39 is 39.9 Å². The molecule has 8 nitrogen and oxygen atoms in total. The number of carbonyl (C=O) groups is 2. The Morgan fingerprint density at radius 3 is 1.91 bits per heavy atom. The zero-order valence-electron chi connectivity index (χ0n) is 18.4. The van der Waals surface area contributed by atoms with Crippen molar-refractivity contribution in [1.82, 2.24) is 4.72 Å². The van der Waals surface area contributed by atoms with Crippen molar-refractivity contribution >= 4 is 27.8 Å². The first-order valence-electron chi connectivity index (χ1n) is 10.3. The first-order chi connectivity index (χ1) is 16.0. The van der Waals surface area contributed by atoms with Gasteiger partial charge in [0.2, 0.25) is 10.0 Å². The molecule has 3 rings (SSSR count). The number of rotatable bonds is 8. The highest BCUT2D eigenvalue weighted by Crippen LogP contribution is 2.24. The molecule has 0 saturated heterocycles. The number of aliphatic carboxylic acids is 1. The normalized spacial score (nSPS) is 12.2. The third-order valence-corrected chi connectivity index (χ3v) is 6.33. The number of carboxylic acid groups (broad SMARTS) is 1. The largest absolute Gasteiger partial charge is 0.480 e. The van der Waals surface area contributed by atoms with Crippen LogP contribution >= 0.6 is 0 Å². The minimum absolute atomic E-state index is 0.0550. The van der Waals surface area contributed by atoms with Crippen LogP contribution in [-0.4, -0.2) is 31.6 Å². The van der Waals surface area contributed by atoms with Gasteiger partial charge in [0.15, 0.2) is 0 Å². The Kier molecular flexibility index (Phi) is 7.64. The maximum absolute atomic E-state index is 12.9. The number of nitrogens with one attached hydrogen (secondary N) is 2. The number of anilines is 1. The summed E-state index contributed by atoms with van der Waals surface area (Å²) in [6, 6.07) is 16.5. The van der Waals surface area contributed by atoms with E-state index in [0.717, 1.165) is 5.56 Å². The Labute approximate surface area is 196 Å². The highest BCUT2D eigenvalue weighted by atomic mass is 32.2.